The first-order valence-corrected chi connectivity index (χ1v) is 11.5. The first-order valence-electron chi connectivity index (χ1n) is 11.5. The summed E-state index contributed by atoms with van der Waals surface area (Å²) in [5, 5.41) is 10.8. The molecule has 4 heteroatoms. The van der Waals surface area contributed by atoms with E-state index in [9.17, 15) is 9.90 Å². The van der Waals surface area contributed by atoms with Gasteiger partial charge in [-0.25, -0.2) is 9.79 Å². The van der Waals surface area contributed by atoms with Crippen molar-refractivity contribution in [1.29, 1.82) is 0 Å². The molecular formula is C30H26N2O2. The van der Waals surface area contributed by atoms with Gasteiger partial charge in [0, 0.05) is 13.0 Å². The number of amidine groups is 1. The predicted molar refractivity (Wildman–Crippen MR) is 135 cm³/mol. The van der Waals surface area contributed by atoms with Gasteiger partial charge in [-0.05, 0) is 22.3 Å². The van der Waals surface area contributed by atoms with Gasteiger partial charge in [0.15, 0.2) is 0 Å². The van der Waals surface area contributed by atoms with Gasteiger partial charge in [-0.2, -0.15) is 0 Å². The summed E-state index contributed by atoms with van der Waals surface area (Å²) in [4.78, 5) is 20.4. The van der Waals surface area contributed by atoms with Crippen LogP contribution < -0.4 is 0 Å². The van der Waals surface area contributed by atoms with Crippen molar-refractivity contribution in [1.82, 2.24) is 4.90 Å². The zero-order valence-electron chi connectivity index (χ0n) is 18.8. The van der Waals surface area contributed by atoms with Gasteiger partial charge in [-0.3, -0.25) is 0 Å². The molecule has 0 saturated heterocycles. The van der Waals surface area contributed by atoms with Crippen LogP contribution in [0.1, 0.15) is 28.3 Å². The number of benzene rings is 4. The molecular weight excluding hydrogens is 420 g/mol. The van der Waals surface area contributed by atoms with E-state index in [-0.39, 0.29) is 0 Å². The van der Waals surface area contributed by atoms with E-state index in [4.69, 9.17) is 4.99 Å². The normalized spacial score (nSPS) is 19.6. The maximum atomic E-state index is 13.2. The molecule has 1 heterocycles. The van der Waals surface area contributed by atoms with E-state index in [0.29, 0.717) is 18.5 Å². The summed E-state index contributed by atoms with van der Waals surface area (Å²) in [6, 6.07) is 39.1. The minimum Gasteiger partial charge on any atom is -0.479 e. The molecule has 0 unspecified atom stereocenters. The van der Waals surface area contributed by atoms with Crippen LogP contribution in [0.3, 0.4) is 0 Å². The van der Waals surface area contributed by atoms with Crippen LogP contribution in [0.5, 0.6) is 0 Å². The Morgan fingerprint density at radius 2 is 1.24 bits per heavy atom. The lowest BCUT2D eigenvalue weighted by Crippen LogP contribution is -2.43. The number of hydrogen-bond acceptors (Lipinski definition) is 3. The van der Waals surface area contributed by atoms with Gasteiger partial charge in [0.05, 0.1) is 6.04 Å². The Kier molecular flexibility index (Phi) is 5.96. The summed E-state index contributed by atoms with van der Waals surface area (Å²) in [6.07, 6.45) is 0.554. The standard InChI is InChI=1S/C30H26N2O2/c33-29(34)30(26-19-11-4-12-20-26)28(25-17-9-3-10-18-25)32(22-24-15-7-2-8-16-24)27(31-30)21-23-13-5-1-6-14-23/h1-20,28H,21-22H2,(H,33,34)/t28-,30-/m0/s1. The van der Waals surface area contributed by atoms with E-state index < -0.39 is 17.6 Å². The average Bonchev–Trinajstić information content (AvgIpc) is 3.21. The fraction of sp³-hybridized carbons (Fsp3) is 0.133. The first-order chi connectivity index (χ1) is 16.7. The second-order valence-electron chi connectivity index (χ2n) is 8.55. The summed E-state index contributed by atoms with van der Waals surface area (Å²) in [6.45, 7) is 0.563. The van der Waals surface area contributed by atoms with Crippen LogP contribution in [-0.2, 0) is 23.3 Å². The van der Waals surface area contributed by atoms with E-state index in [0.717, 1.165) is 22.5 Å². The summed E-state index contributed by atoms with van der Waals surface area (Å²) in [5.41, 5.74) is 2.36. The molecule has 168 valence electrons. The smallest absolute Gasteiger partial charge is 0.338 e. The number of aliphatic imine (C=N–C) groups is 1. The summed E-state index contributed by atoms with van der Waals surface area (Å²) in [5.74, 6) is -0.177. The van der Waals surface area contributed by atoms with Gasteiger partial charge in [0.2, 0.25) is 5.54 Å². The lowest BCUT2D eigenvalue weighted by atomic mass is 9.80. The van der Waals surface area contributed by atoms with Crippen molar-refractivity contribution < 1.29 is 9.90 Å². The lowest BCUT2D eigenvalue weighted by Gasteiger charge is -2.36. The summed E-state index contributed by atoms with van der Waals surface area (Å²) in [7, 11) is 0. The Bertz CT molecular complexity index is 1270. The lowest BCUT2D eigenvalue weighted by molar-refractivity contribution is -0.145. The van der Waals surface area contributed by atoms with Crippen LogP contribution in [-0.4, -0.2) is 21.8 Å². The molecule has 0 aliphatic carbocycles. The maximum absolute atomic E-state index is 13.2. The molecule has 0 bridgehead atoms. The van der Waals surface area contributed by atoms with Crippen LogP contribution in [0.15, 0.2) is 126 Å². The van der Waals surface area contributed by atoms with Crippen molar-refractivity contribution >= 4 is 11.8 Å². The topological polar surface area (TPSA) is 52.9 Å². The van der Waals surface area contributed by atoms with Crippen molar-refractivity contribution in [3.63, 3.8) is 0 Å². The summed E-state index contributed by atoms with van der Waals surface area (Å²) >= 11 is 0. The molecule has 4 aromatic carbocycles. The van der Waals surface area contributed by atoms with E-state index in [2.05, 4.69) is 29.2 Å². The minimum atomic E-state index is -1.46. The number of carboxylic acid groups (broad SMARTS) is 1. The molecule has 0 amide bonds. The first kappa shape index (κ1) is 21.7. The number of hydrogen-bond donors (Lipinski definition) is 1. The SMILES string of the molecule is O=C(O)[C@@]1(c2ccccc2)N=C(Cc2ccccc2)N(Cc2ccccc2)[C@H]1c1ccccc1. The Labute approximate surface area is 199 Å². The Balaban J connectivity index is 1.71. The summed E-state index contributed by atoms with van der Waals surface area (Å²) < 4.78 is 0. The van der Waals surface area contributed by atoms with Gasteiger partial charge >= 0.3 is 5.97 Å². The van der Waals surface area contributed by atoms with Gasteiger partial charge in [-0.1, -0.05) is 121 Å². The van der Waals surface area contributed by atoms with Gasteiger partial charge in [0.25, 0.3) is 0 Å². The van der Waals surface area contributed by atoms with Crippen LogP contribution in [0, 0.1) is 0 Å². The van der Waals surface area contributed by atoms with Crippen molar-refractivity contribution in [3.8, 4) is 0 Å². The van der Waals surface area contributed by atoms with E-state index in [1.54, 1.807) is 0 Å². The third-order valence-corrected chi connectivity index (χ3v) is 6.40. The van der Waals surface area contributed by atoms with Crippen LogP contribution >= 0.6 is 0 Å². The van der Waals surface area contributed by atoms with Crippen LogP contribution in [0.4, 0.5) is 0 Å². The largest absolute Gasteiger partial charge is 0.479 e. The van der Waals surface area contributed by atoms with Gasteiger partial charge in [0.1, 0.15) is 5.84 Å². The Morgan fingerprint density at radius 1 is 0.735 bits per heavy atom. The molecule has 0 spiro atoms. The minimum absolute atomic E-state index is 0.493. The Morgan fingerprint density at radius 3 is 1.79 bits per heavy atom. The number of rotatable bonds is 7. The third-order valence-electron chi connectivity index (χ3n) is 6.40. The molecule has 0 radical (unpaired) electrons. The molecule has 0 fully saturated rings. The molecule has 1 N–H and O–H groups in total. The predicted octanol–water partition coefficient (Wildman–Crippen LogP) is 5.86. The second kappa shape index (κ2) is 9.36. The highest BCUT2D eigenvalue weighted by molar-refractivity contribution is 5.95. The van der Waals surface area contributed by atoms with Crippen molar-refractivity contribution in [2.24, 2.45) is 4.99 Å². The van der Waals surface area contributed by atoms with Crippen molar-refractivity contribution in [2.45, 2.75) is 24.5 Å². The highest BCUT2D eigenvalue weighted by Crippen LogP contribution is 2.48. The Hall–Kier alpha value is -4.18. The van der Waals surface area contributed by atoms with E-state index >= 15 is 0 Å². The average molecular weight is 447 g/mol. The van der Waals surface area contributed by atoms with Crippen LogP contribution in [0.25, 0.3) is 0 Å². The van der Waals surface area contributed by atoms with E-state index in [1.165, 1.54) is 0 Å². The third kappa shape index (κ3) is 3.99. The number of aliphatic carboxylic acids is 1. The van der Waals surface area contributed by atoms with Crippen molar-refractivity contribution in [2.75, 3.05) is 0 Å². The fourth-order valence-electron chi connectivity index (χ4n) is 4.85. The second-order valence-corrected chi connectivity index (χ2v) is 8.55. The molecule has 1 aliphatic rings. The van der Waals surface area contributed by atoms with E-state index in [1.807, 2.05) is 97.1 Å². The molecule has 4 aromatic rings. The molecule has 0 aromatic heterocycles. The number of carbonyl (C=O) groups is 1. The van der Waals surface area contributed by atoms with Gasteiger partial charge < -0.3 is 10.0 Å². The van der Waals surface area contributed by atoms with Gasteiger partial charge in [-0.15, -0.1) is 0 Å². The van der Waals surface area contributed by atoms with Crippen molar-refractivity contribution in [3.05, 3.63) is 144 Å². The monoisotopic (exact) mass is 446 g/mol. The molecule has 4 nitrogen and oxygen atoms in total. The number of carboxylic acids is 1. The molecule has 0 saturated carbocycles. The zero-order valence-corrected chi connectivity index (χ0v) is 18.8. The highest BCUT2D eigenvalue weighted by Gasteiger charge is 2.56. The zero-order chi connectivity index (χ0) is 23.4. The molecule has 34 heavy (non-hydrogen) atoms. The maximum Gasteiger partial charge on any atom is 0.338 e. The molecule has 2 atom stereocenters. The number of nitrogens with zero attached hydrogens (tertiary/aromatic N) is 2. The molecule has 1 aliphatic heterocycles. The highest BCUT2D eigenvalue weighted by atomic mass is 16.4. The quantitative estimate of drug-likeness (QED) is 0.387. The fourth-order valence-corrected chi connectivity index (χ4v) is 4.85. The molecule has 5 rings (SSSR count). The van der Waals surface area contributed by atoms with Crippen LogP contribution in [0.2, 0.25) is 0 Å².